The fourth-order valence-electron chi connectivity index (χ4n) is 3.57. The molecule has 0 aromatic heterocycles. The van der Waals surface area contributed by atoms with E-state index in [-0.39, 0.29) is 41.9 Å². The molecule has 1 atom stereocenters. The number of anilines is 1. The van der Waals surface area contributed by atoms with Crippen molar-refractivity contribution in [2.24, 2.45) is 0 Å². The summed E-state index contributed by atoms with van der Waals surface area (Å²) in [4.78, 5) is 11.4. The summed E-state index contributed by atoms with van der Waals surface area (Å²) < 4.78 is 54.5. The van der Waals surface area contributed by atoms with E-state index >= 15 is 0 Å². The van der Waals surface area contributed by atoms with Crippen molar-refractivity contribution in [3.05, 3.63) is 54.1 Å². The molecule has 0 spiro atoms. The molecule has 3 rings (SSSR count). The van der Waals surface area contributed by atoms with Crippen LogP contribution in [0.15, 0.2) is 58.3 Å². The van der Waals surface area contributed by atoms with Gasteiger partial charge in [-0.1, -0.05) is 26.0 Å². The number of amides is 1. The van der Waals surface area contributed by atoms with Gasteiger partial charge in [0.2, 0.25) is 26.0 Å². The van der Waals surface area contributed by atoms with Crippen LogP contribution >= 0.6 is 0 Å². The Bertz CT molecular complexity index is 1150. The Morgan fingerprint density at radius 2 is 1.25 bits per heavy atom. The Morgan fingerprint density at radius 1 is 0.844 bits per heavy atom. The zero-order valence-electron chi connectivity index (χ0n) is 18.5. The van der Waals surface area contributed by atoms with Gasteiger partial charge in [0.15, 0.2) is 0 Å². The quantitative estimate of drug-likeness (QED) is 0.658. The van der Waals surface area contributed by atoms with Crippen molar-refractivity contribution in [1.82, 2.24) is 8.61 Å². The number of nitrogens with one attached hydrogen (secondary N) is 1. The van der Waals surface area contributed by atoms with Crippen LogP contribution in [0.4, 0.5) is 5.69 Å². The van der Waals surface area contributed by atoms with Crippen molar-refractivity contribution < 1.29 is 21.6 Å². The molecule has 10 heteroatoms. The van der Waals surface area contributed by atoms with Gasteiger partial charge in [-0.25, -0.2) is 16.8 Å². The molecule has 0 aliphatic carbocycles. The van der Waals surface area contributed by atoms with E-state index in [0.29, 0.717) is 11.6 Å². The van der Waals surface area contributed by atoms with E-state index in [0.717, 1.165) is 12.0 Å². The maximum Gasteiger partial charge on any atom is 0.243 e. The van der Waals surface area contributed by atoms with Gasteiger partial charge in [0.1, 0.15) is 0 Å². The minimum atomic E-state index is -3.76. The summed E-state index contributed by atoms with van der Waals surface area (Å²) in [6.07, 6.45) is 0.971. The van der Waals surface area contributed by atoms with Gasteiger partial charge in [0.25, 0.3) is 0 Å². The summed E-state index contributed by atoms with van der Waals surface area (Å²) in [5.74, 6) is 0.111. The minimum absolute atomic E-state index is 0.0694. The topological polar surface area (TPSA) is 104 Å². The van der Waals surface area contributed by atoms with Gasteiger partial charge in [-0.05, 0) is 54.3 Å². The molecule has 1 heterocycles. The number of benzene rings is 2. The number of hydrogen-bond acceptors (Lipinski definition) is 5. The highest BCUT2D eigenvalue weighted by Gasteiger charge is 2.33. The van der Waals surface area contributed by atoms with Crippen LogP contribution in [0.5, 0.6) is 0 Å². The van der Waals surface area contributed by atoms with Crippen LogP contribution < -0.4 is 5.32 Å². The third-order valence-electron chi connectivity index (χ3n) is 5.71. The van der Waals surface area contributed by atoms with Crippen LogP contribution in [-0.2, 0) is 24.8 Å². The SMILES string of the molecule is CC[C@H](C)c1ccc(S(=O)(=O)N2CCN(S(=O)(=O)c3ccc(NC(C)=O)cc3)CC2)cc1. The maximum atomic E-state index is 13.0. The first-order valence-corrected chi connectivity index (χ1v) is 13.4. The number of sulfonamides is 2. The van der Waals surface area contributed by atoms with Crippen LogP contribution in [-0.4, -0.2) is 57.5 Å². The lowest BCUT2D eigenvalue weighted by molar-refractivity contribution is -0.114. The van der Waals surface area contributed by atoms with Gasteiger partial charge in [-0.3, -0.25) is 4.79 Å². The molecule has 0 unspecified atom stereocenters. The Morgan fingerprint density at radius 3 is 1.62 bits per heavy atom. The first-order chi connectivity index (χ1) is 15.1. The van der Waals surface area contributed by atoms with E-state index < -0.39 is 20.0 Å². The molecular weight excluding hydrogens is 450 g/mol. The van der Waals surface area contributed by atoms with Crippen molar-refractivity contribution in [3.8, 4) is 0 Å². The first-order valence-electron chi connectivity index (χ1n) is 10.5. The Balaban J connectivity index is 1.69. The zero-order valence-corrected chi connectivity index (χ0v) is 20.1. The van der Waals surface area contributed by atoms with Crippen LogP contribution in [0.1, 0.15) is 38.7 Å². The van der Waals surface area contributed by atoms with Crippen molar-refractivity contribution in [1.29, 1.82) is 0 Å². The fourth-order valence-corrected chi connectivity index (χ4v) is 6.41. The predicted molar refractivity (Wildman–Crippen MR) is 123 cm³/mol. The van der Waals surface area contributed by atoms with E-state index in [9.17, 15) is 21.6 Å². The largest absolute Gasteiger partial charge is 0.326 e. The van der Waals surface area contributed by atoms with Gasteiger partial charge in [0.05, 0.1) is 9.79 Å². The highest BCUT2D eigenvalue weighted by atomic mass is 32.2. The summed E-state index contributed by atoms with van der Waals surface area (Å²) in [5, 5.41) is 2.59. The summed E-state index contributed by atoms with van der Waals surface area (Å²) in [5.41, 5.74) is 1.60. The molecule has 0 saturated carbocycles. The van der Waals surface area contributed by atoms with Gasteiger partial charge in [0, 0.05) is 38.8 Å². The third-order valence-corrected chi connectivity index (χ3v) is 9.54. The van der Waals surface area contributed by atoms with E-state index in [2.05, 4.69) is 19.2 Å². The molecule has 0 bridgehead atoms. The van der Waals surface area contributed by atoms with Crippen molar-refractivity contribution >= 4 is 31.6 Å². The van der Waals surface area contributed by atoms with Gasteiger partial charge in [-0.15, -0.1) is 0 Å². The van der Waals surface area contributed by atoms with E-state index in [4.69, 9.17) is 0 Å². The standard InChI is InChI=1S/C22H29N3O5S2/c1-4-17(2)19-5-9-21(10-6-19)31(27,28)24-13-15-25(16-14-24)32(29,30)22-11-7-20(8-12-22)23-18(3)26/h5-12,17H,4,13-16H2,1-3H3,(H,23,26)/t17-/m0/s1. The lowest BCUT2D eigenvalue weighted by Crippen LogP contribution is -2.50. The molecule has 1 aliphatic rings. The number of nitrogens with zero attached hydrogens (tertiary/aromatic N) is 2. The van der Waals surface area contributed by atoms with E-state index in [1.165, 1.54) is 39.8 Å². The van der Waals surface area contributed by atoms with Crippen LogP contribution in [0.25, 0.3) is 0 Å². The highest BCUT2D eigenvalue weighted by Crippen LogP contribution is 2.25. The second kappa shape index (κ2) is 9.70. The summed E-state index contributed by atoms with van der Waals surface area (Å²) in [7, 11) is -7.45. The molecule has 1 fully saturated rings. The smallest absolute Gasteiger partial charge is 0.243 e. The molecule has 1 N–H and O–H groups in total. The van der Waals surface area contributed by atoms with Crippen molar-refractivity contribution in [2.45, 2.75) is 42.9 Å². The second-order valence-corrected chi connectivity index (χ2v) is 11.8. The molecule has 2 aromatic carbocycles. The average molecular weight is 480 g/mol. The summed E-state index contributed by atoms with van der Waals surface area (Å²) in [6.45, 7) is 5.85. The summed E-state index contributed by atoms with van der Waals surface area (Å²) in [6, 6.07) is 12.8. The third kappa shape index (κ3) is 5.20. The molecule has 8 nitrogen and oxygen atoms in total. The number of rotatable bonds is 7. The lowest BCUT2D eigenvalue weighted by Gasteiger charge is -2.33. The molecule has 174 valence electrons. The monoisotopic (exact) mass is 479 g/mol. The normalized spacial score (nSPS) is 17.1. The molecule has 1 aliphatic heterocycles. The Kier molecular flexibility index (Phi) is 7.39. The molecule has 2 aromatic rings. The zero-order chi connectivity index (χ0) is 23.5. The van der Waals surface area contributed by atoms with Crippen molar-refractivity contribution in [3.63, 3.8) is 0 Å². The van der Waals surface area contributed by atoms with Crippen molar-refractivity contribution in [2.75, 3.05) is 31.5 Å². The summed E-state index contributed by atoms with van der Waals surface area (Å²) >= 11 is 0. The predicted octanol–water partition coefficient (Wildman–Crippen LogP) is 2.85. The maximum absolute atomic E-state index is 13.0. The molecular formula is C22H29N3O5S2. The van der Waals surface area contributed by atoms with Crippen LogP contribution in [0.2, 0.25) is 0 Å². The van der Waals surface area contributed by atoms with Gasteiger partial charge < -0.3 is 5.32 Å². The lowest BCUT2D eigenvalue weighted by atomic mass is 9.99. The van der Waals surface area contributed by atoms with Crippen LogP contribution in [0, 0.1) is 0 Å². The first kappa shape index (κ1) is 24.4. The van der Waals surface area contributed by atoms with Crippen LogP contribution in [0.3, 0.4) is 0 Å². The molecule has 32 heavy (non-hydrogen) atoms. The number of piperazine rings is 1. The molecule has 0 radical (unpaired) electrons. The Hall–Kier alpha value is -2.27. The number of hydrogen-bond donors (Lipinski definition) is 1. The van der Waals surface area contributed by atoms with Gasteiger partial charge >= 0.3 is 0 Å². The van der Waals surface area contributed by atoms with Gasteiger partial charge in [-0.2, -0.15) is 8.61 Å². The van der Waals surface area contributed by atoms with E-state index in [1.54, 1.807) is 12.1 Å². The van der Waals surface area contributed by atoms with E-state index in [1.807, 2.05) is 12.1 Å². The second-order valence-electron chi connectivity index (χ2n) is 7.89. The highest BCUT2D eigenvalue weighted by molar-refractivity contribution is 7.89. The molecule has 1 saturated heterocycles. The fraction of sp³-hybridized carbons (Fsp3) is 0.409. The Labute approximate surface area is 190 Å². The minimum Gasteiger partial charge on any atom is -0.326 e. The number of carbonyl (C=O) groups excluding carboxylic acids is 1. The molecule has 1 amide bonds. The average Bonchev–Trinajstić information content (AvgIpc) is 2.78. The number of carbonyl (C=O) groups is 1.